The molecule has 1 aromatic rings. The summed E-state index contributed by atoms with van der Waals surface area (Å²) in [6.07, 6.45) is 2.32. The number of nitrogens with one attached hydrogen (secondary N) is 1. The third-order valence-corrected chi connectivity index (χ3v) is 4.87. The third kappa shape index (κ3) is 3.20. The first-order valence-corrected chi connectivity index (χ1v) is 8.26. The van der Waals surface area contributed by atoms with Gasteiger partial charge in [0.1, 0.15) is 11.6 Å². The second-order valence-electron chi connectivity index (χ2n) is 6.46. The lowest BCUT2D eigenvalue weighted by Gasteiger charge is -2.15. The van der Waals surface area contributed by atoms with Crippen molar-refractivity contribution in [2.75, 3.05) is 11.9 Å². The van der Waals surface area contributed by atoms with Crippen molar-refractivity contribution in [3.63, 3.8) is 0 Å². The summed E-state index contributed by atoms with van der Waals surface area (Å²) >= 11 is 2.38. The molecule has 0 spiro atoms. The highest BCUT2D eigenvalue weighted by molar-refractivity contribution is 14.1. The van der Waals surface area contributed by atoms with Crippen LogP contribution in [0.3, 0.4) is 0 Å². The van der Waals surface area contributed by atoms with Crippen LogP contribution in [0.4, 0.5) is 5.82 Å². The summed E-state index contributed by atoms with van der Waals surface area (Å²) in [5.74, 6) is 3.04. The van der Waals surface area contributed by atoms with Gasteiger partial charge in [0.25, 0.3) is 0 Å². The molecule has 1 aromatic heterocycles. The Labute approximate surface area is 130 Å². The van der Waals surface area contributed by atoms with Gasteiger partial charge in [-0.2, -0.15) is 0 Å². The minimum absolute atomic E-state index is 0.378. The molecule has 1 atom stereocenters. The molecule has 0 aliphatic heterocycles. The van der Waals surface area contributed by atoms with Crippen LogP contribution in [0, 0.1) is 8.99 Å². The first-order chi connectivity index (χ1) is 8.86. The second kappa shape index (κ2) is 5.54. The van der Waals surface area contributed by atoms with Crippen molar-refractivity contribution in [3.05, 3.63) is 15.1 Å². The highest BCUT2D eigenvalue weighted by Crippen LogP contribution is 2.57. The highest BCUT2D eigenvalue weighted by atomic mass is 127. The largest absolute Gasteiger partial charge is 0.369 e. The fourth-order valence-corrected chi connectivity index (χ4v) is 3.34. The molecule has 3 nitrogen and oxygen atoms in total. The van der Waals surface area contributed by atoms with Gasteiger partial charge in [-0.05, 0) is 46.8 Å². The van der Waals surface area contributed by atoms with Crippen molar-refractivity contribution >= 4 is 28.4 Å². The maximum Gasteiger partial charge on any atom is 0.143 e. The molecule has 1 fully saturated rings. The van der Waals surface area contributed by atoms with E-state index >= 15 is 0 Å². The van der Waals surface area contributed by atoms with E-state index < -0.39 is 0 Å². The van der Waals surface area contributed by atoms with Crippen molar-refractivity contribution in [2.24, 2.45) is 5.41 Å². The van der Waals surface area contributed by atoms with Gasteiger partial charge in [0, 0.05) is 12.5 Å². The van der Waals surface area contributed by atoms with Gasteiger partial charge in [0.2, 0.25) is 0 Å². The van der Waals surface area contributed by atoms with Crippen LogP contribution in [0.2, 0.25) is 0 Å². The molecule has 0 amide bonds. The second-order valence-corrected chi connectivity index (χ2v) is 7.54. The molecule has 1 heterocycles. The van der Waals surface area contributed by atoms with E-state index in [9.17, 15) is 0 Å². The smallest absolute Gasteiger partial charge is 0.143 e. The van der Waals surface area contributed by atoms with Gasteiger partial charge < -0.3 is 5.32 Å². The Morgan fingerprint density at radius 2 is 2.00 bits per heavy atom. The first-order valence-electron chi connectivity index (χ1n) is 7.18. The average molecular weight is 373 g/mol. The van der Waals surface area contributed by atoms with Gasteiger partial charge in [-0.3, -0.25) is 0 Å². The lowest BCUT2D eigenvalue weighted by Crippen LogP contribution is -2.12. The lowest BCUT2D eigenvalue weighted by molar-refractivity contribution is 0.604. The minimum Gasteiger partial charge on any atom is -0.369 e. The summed E-state index contributed by atoms with van der Waals surface area (Å²) in [7, 11) is 0. The zero-order chi connectivity index (χ0) is 14.2. The Balaban J connectivity index is 2.37. The predicted octanol–water partition coefficient (Wildman–Crippen LogP) is 4.54. The number of hydrogen-bond donors (Lipinski definition) is 1. The SMILES string of the molecule is CCCNc1nc(C2CC2(C)C)nc(C(C)C)c1I. The summed E-state index contributed by atoms with van der Waals surface area (Å²) in [5, 5.41) is 3.45. The van der Waals surface area contributed by atoms with E-state index in [1.165, 1.54) is 15.7 Å². The van der Waals surface area contributed by atoms with Crippen molar-refractivity contribution in [2.45, 2.75) is 59.3 Å². The zero-order valence-corrected chi connectivity index (χ0v) is 14.7. The van der Waals surface area contributed by atoms with Crippen molar-refractivity contribution in [3.8, 4) is 0 Å². The minimum atomic E-state index is 0.378. The molecular formula is C15H24IN3. The Morgan fingerprint density at radius 3 is 2.47 bits per heavy atom. The number of aromatic nitrogens is 2. The highest BCUT2D eigenvalue weighted by Gasteiger charge is 2.49. The quantitative estimate of drug-likeness (QED) is 0.770. The molecule has 0 saturated heterocycles. The van der Waals surface area contributed by atoms with E-state index in [2.05, 4.69) is 62.5 Å². The van der Waals surface area contributed by atoms with E-state index in [1.54, 1.807) is 0 Å². The Kier molecular flexibility index (Phi) is 4.38. The van der Waals surface area contributed by atoms with Gasteiger partial charge in [0.05, 0.1) is 9.26 Å². The summed E-state index contributed by atoms with van der Waals surface area (Å²) in [6.45, 7) is 12.2. The normalized spacial score (nSPS) is 20.7. The molecule has 1 unspecified atom stereocenters. The van der Waals surface area contributed by atoms with Crippen LogP contribution in [-0.4, -0.2) is 16.5 Å². The van der Waals surface area contributed by atoms with Crippen LogP contribution in [-0.2, 0) is 0 Å². The van der Waals surface area contributed by atoms with Crippen LogP contribution < -0.4 is 5.32 Å². The van der Waals surface area contributed by atoms with Gasteiger partial charge >= 0.3 is 0 Å². The zero-order valence-electron chi connectivity index (χ0n) is 12.5. The molecule has 0 aromatic carbocycles. The maximum absolute atomic E-state index is 4.84. The fraction of sp³-hybridized carbons (Fsp3) is 0.733. The first kappa shape index (κ1) is 15.0. The Morgan fingerprint density at radius 1 is 1.37 bits per heavy atom. The van der Waals surface area contributed by atoms with Crippen molar-refractivity contribution in [1.29, 1.82) is 0 Å². The molecule has 0 bridgehead atoms. The monoisotopic (exact) mass is 373 g/mol. The van der Waals surface area contributed by atoms with Crippen LogP contribution in [0.25, 0.3) is 0 Å². The number of nitrogens with zero attached hydrogens (tertiary/aromatic N) is 2. The van der Waals surface area contributed by atoms with Gasteiger partial charge in [-0.25, -0.2) is 9.97 Å². The Hall–Kier alpha value is -0.390. The molecular weight excluding hydrogens is 349 g/mol. The lowest BCUT2D eigenvalue weighted by atomic mass is 10.1. The molecule has 19 heavy (non-hydrogen) atoms. The fourth-order valence-electron chi connectivity index (χ4n) is 2.29. The number of hydrogen-bond acceptors (Lipinski definition) is 3. The molecule has 1 aliphatic rings. The predicted molar refractivity (Wildman–Crippen MR) is 88.8 cm³/mol. The molecule has 1 aliphatic carbocycles. The number of anilines is 1. The molecule has 2 rings (SSSR count). The standard InChI is InChI=1S/C15H24IN3/c1-6-7-17-14-11(16)12(9(2)3)18-13(19-14)10-8-15(10,4)5/h9-10H,6-8H2,1-5H3,(H,17,18,19). The molecule has 4 heteroatoms. The number of halogens is 1. The summed E-state index contributed by atoms with van der Waals surface area (Å²) in [6, 6.07) is 0. The van der Waals surface area contributed by atoms with E-state index in [1.807, 2.05) is 0 Å². The van der Waals surface area contributed by atoms with Gasteiger partial charge in [-0.15, -0.1) is 0 Å². The molecule has 1 saturated carbocycles. The van der Waals surface area contributed by atoms with Crippen LogP contribution in [0.5, 0.6) is 0 Å². The van der Waals surface area contributed by atoms with Crippen molar-refractivity contribution < 1.29 is 0 Å². The van der Waals surface area contributed by atoms with E-state index in [4.69, 9.17) is 9.97 Å². The molecule has 106 valence electrons. The van der Waals surface area contributed by atoms with Crippen LogP contribution in [0.15, 0.2) is 0 Å². The van der Waals surface area contributed by atoms with Crippen molar-refractivity contribution in [1.82, 2.24) is 9.97 Å². The van der Waals surface area contributed by atoms with Crippen LogP contribution >= 0.6 is 22.6 Å². The summed E-state index contributed by atoms with van der Waals surface area (Å²) < 4.78 is 1.18. The molecule has 0 radical (unpaired) electrons. The maximum atomic E-state index is 4.84. The summed E-state index contributed by atoms with van der Waals surface area (Å²) in [5.41, 5.74) is 1.56. The van der Waals surface area contributed by atoms with E-state index in [0.29, 0.717) is 17.3 Å². The third-order valence-electron chi connectivity index (χ3n) is 3.81. The van der Waals surface area contributed by atoms with E-state index in [-0.39, 0.29) is 0 Å². The average Bonchev–Trinajstić information content (AvgIpc) is 2.96. The number of rotatable bonds is 5. The molecule has 1 N–H and O–H groups in total. The van der Waals surface area contributed by atoms with Gasteiger partial charge in [0.15, 0.2) is 0 Å². The topological polar surface area (TPSA) is 37.8 Å². The Bertz CT molecular complexity index is 469. The summed E-state index contributed by atoms with van der Waals surface area (Å²) in [4.78, 5) is 9.62. The van der Waals surface area contributed by atoms with Crippen LogP contribution in [0.1, 0.15) is 70.8 Å². The van der Waals surface area contributed by atoms with Gasteiger partial charge in [-0.1, -0.05) is 34.6 Å². The van der Waals surface area contributed by atoms with E-state index in [0.717, 1.165) is 24.6 Å².